The number of carbonyl (C=O) groups excluding carboxylic acids is 2. The Kier molecular flexibility index (Phi) is 6.23. The molecule has 0 saturated heterocycles. The Balaban J connectivity index is 1.75. The van der Waals surface area contributed by atoms with Crippen LogP contribution in [0.15, 0.2) is 47.1 Å². The standard InChI is InChI=1S/C17H21N3O3/c1-2-9-18-17(22)13-5-7-14(8-6-13)19-12-16(21)20-11-15-4-3-10-23-15/h3-8,10,19H,2,9,11-12H2,1H3,(H,18,22)(H,20,21). The van der Waals surface area contributed by atoms with E-state index < -0.39 is 0 Å². The first-order valence-corrected chi connectivity index (χ1v) is 7.60. The smallest absolute Gasteiger partial charge is 0.251 e. The zero-order valence-electron chi connectivity index (χ0n) is 13.1. The Labute approximate surface area is 135 Å². The molecule has 23 heavy (non-hydrogen) atoms. The van der Waals surface area contributed by atoms with Crippen LogP contribution in [-0.2, 0) is 11.3 Å². The first-order chi connectivity index (χ1) is 11.2. The van der Waals surface area contributed by atoms with E-state index in [4.69, 9.17) is 4.42 Å². The number of furan rings is 1. The Hall–Kier alpha value is -2.76. The number of benzene rings is 1. The van der Waals surface area contributed by atoms with Gasteiger partial charge < -0.3 is 20.4 Å². The highest BCUT2D eigenvalue weighted by Crippen LogP contribution is 2.09. The van der Waals surface area contributed by atoms with Crippen LogP contribution < -0.4 is 16.0 Å². The van der Waals surface area contributed by atoms with Crippen LogP contribution in [0.3, 0.4) is 0 Å². The fraction of sp³-hybridized carbons (Fsp3) is 0.294. The van der Waals surface area contributed by atoms with E-state index in [1.807, 2.05) is 6.92 Å². The van der Waals surface area contributed by atoms with Crippen molar-refractivity contribution in [2.75, 3.05) is 18.4 Å². The van der Waals surface area contributed by atoms with Gasteiger partial charge in [0.1, 0.15) is 5.76 Å². The summed E-state index contributed by atoms with van der Waals surface area (Å²) in [6.45, 7) is 3.19. The van der Waals surface area contributed by atoms with Gasteiger partial charge in [-0.25, -0.2) is 0 Å². The molecule has 0 aliphatic rings. The van der Waals surface area contributed by atoms with Crippen LogP contribution in [-0.4, -0.2) is 24.9 Å². The van der Waals surface area contributed by atoms with Crippen LogP contribution >= 0.6 is 0 Å². The average Bonchev–Trinajstić information content (AvgIpc) is 3.10. The van der Waals surface area contributed by atoms with Crippen LogP contribution in [0.1, 0.15) is 29.5 Å². The lowest BCUT2D eigenvalue weighted by atomic mass is 10.2. The summed E-state index contributed by atoms with van der Waals surface area (Å²) in [6, 6.07) is 10.6. The Morgan fingerprint density at radius 2 is 1.87 bits per heavy atom. The highest BCUT2D eigenvalue weighted by molar-refractivity contribution is 5.94. The summed E-state index contributed by atoms with van der Waals surface area (Å²) in [5.74, 6) is 0.488. The van der Waals surface area contributed by atoms with E-state index >= 15 is 0 Å². The number of hydrogen-bond acceptors (Lipinski definition) is 4. The van der Waals surface area contributed by atoms with Crippen LogP contribution in [0, 0.1) is 0 Å². The first-order valence-electron chi connectivity index (χ1n) is 7.60. The van der Waals surface area contributed by atoms with Gasteiger partial charge in [0.2, 0.25) is 5.91 Å². The molecule has 2 rings (SSSR count). The normalized spacial score (nSPS) is 10.1. The predicted molar refractivity (Wildman–Crippen MR) is 88.1 cm³/mol. The maximum Gasteiger partial charge on any atom is 0.251 e. The second-order valence-corrected chi connectivity index (χ2v) is 5.04. The summed E-state index contributed by atoms with van der Waals surface area (Å²) in [5.41, 5.74) is 1.39. The second kappa shape index (κ2) is 8.63. The van der Waals surface area contributed by atoms with Crippen molar-refractivity contribution in [2.45, 2.75) is 19.9 Å². The summed E-state index contributed by atoms with van der Waals surface area (Å²) >= 11 is 0. The van der Waals surface area contributed by atoms with E-state index in [1.54, 1.807) is 42.7 Å². The second-order valence-electron chi connectivity index (χ2n) is 5.04. The number of nitrogens with one attached hydrogen (secondary N) is 3. The topological polar surface area (TPSA) is 83.4 Å². The summed E-state index contributed by atoms with van der Waals surface area (Å²) in [7, 11) is 0. The lowest BCUT2D eigenvalue weighted by Gasteiger charge is -2.08. The van der Waals surface area contributed by atoms with E-state index in [9.17, 15) is 9.59 Å². The van der Waals surface area contributed by atoms with E-state index in [0.29, 0.717) is 24.4 Å². The van der Waals surface area contributed by atoms with Crippen molar-refractivity contribution in [3.63, 3.8) is 0 Å². The maximum atomic E-state index is 11.8. The van der Waals surface area contributed by atoms with Crippen molar-refractivity contribution in [3.8, 4) is 0 Å². The molecule has 3 N–H and O–H groups in total. The van der Waals surface area contributed by atoms with Crippen molar-refractivity contribution in [1.82, 2.24) is 10.6 Å². The van der Waals surface area contributed by atoms with Gasteiger partial charge in [0, 0.05) is 17.8 Å². The van der Waals surface area contributed by atoms with Crippen LogP contribution in [0.5, 0.6) is 0 Å². The van der Waals surface area contributed by atoms with Crippen molar-refractivity contribution in [3.05, 3.63) is 54.0 Å². The molecule has 0 fully saturated rings. The highest BCUT2D eigenvalue weighted by atomic mass is 16.3. The first kappa shape index (κ1) is 16.6. The Bertz CT molecular complexity index is 621. The molecule has 0 saturated carbocycles. The minimum atomic E-state index is -0.133. The number of rotatable bonds is 8. The van der Waals surface area contributed by atoms with Crippen LogP contribution in [0.4, 0.5) is 5.69 Å². The van der Waals surface area contributed by atoms with Crippen LogP contribution in [0.2, 0.25) is 0 Å². The molecule has 0 spiro atoms. The SMILES string of the molecule is CCCNC(=O)c1ccc(NCC(=O)NCc2ccco2)cc1. The van der Waals surface area contributed by atoms with Gasteiger partial charge in [0.15, 0.2) is 0 Å². The molecule has 6 nitrogen and oxygen atoms in total. The van der Waals surface area contributed by atoms with Crippen molar-refractivity contribution in [1.29, 1.82) is 0 Å². The lowest BCUT2D eigenvalue weighted by molar-refractivity contribution is -0.119. The third kappa shape index (κ3) is 5.50. The van der Waals surface area contributed by atoms with E-state index in [0.717, 1.165) is 12.1 Å². The molecule has 0 radical (unpaired) electrons. The Morgan fingerprint density at radius 3 is 2.52 bits per heavy atom. The molecule has 0 atom stereocenters. The highest BCUT2D eigenvalue weighted by Gasteiger charge is 2.05. The van der Waals surface area contributed by atoms with E-state index in [2.05, 4.69) is 16.0 Å². The molecule has 2 aromatic rings. The Morgan fingerprint density at radius 1 is 1.09 bits per heavy atom. The fourth-order valence-electron chi connectivity index (χ4n) is 1.92. The summed E-state index contributed by atoms with van der Waals surface area (Å²) in [6.07, 6.45) is 2.47. The molecule has 2 amide bonds. The van der Waals surface area contributed by atoms with E-state index in [-0.39, 0.29) is 18.4 Å². The molecule has 122 valence electrons. The fourth-order valence-corrected chi connectivity index (χ4v) is 1.92. The predicted octanol–water partition coefficient (Wildman–Crippen LogP) is 2.15. The summed E-state index contributed by atoms with van der Waals surface area (Å²) in [4.78, 5) is 23.5. The monoisotopic (exact) mass is 315 g/mol. The number of hydrogen-bond donors (Lipinski definition) is 3. The van der Waals surface area contributed by atoms with Gasteiger partial charge in [-0.2, -0.15) is 0 Å². The minimum Gasteiger partial charge on any atom is -0.467 e. The van der Waals surface area contributed by atoms with Gasteiger partial charge in [-0.3, -0.25) is 9.59 Å². The lowest BCUT2D eigenvalue weighted by Crippen LogP contribution is -2.29. The zero-order chi connectivity index (χ0) is 16.5. The molecule has 0 aliphatic carbocycles. The molecular weight excluding hydrogens is 294 g/mol. The number of carbonyl (C=O) groups is 2. The molecule has 1 aromatic carbocycles. The molecule has 0 aliphatic heterocycles. The minimum absolute atomic E-state index is 0.0883. The molecule has 0 bridgehead atoms. The third-order valence-corrected chi connectivity index (χ3v) is 3.18. The molecule has 1 heterocycles. The van der Waals surface area contributed by atoms with Gasteiger partial charge in [0.05, 0.1) is 19.4 Å². The van der Waals surface area contributed by atoms with Crippen molar-refractivity contribution in [2.24, 2.45) is 0 Å². The molecule has 6 heteroatoms. The number of anilines is 1. The largest absolute Gasteiger partial charge is 0.467 e. The summed E-state index contributed by atoms with van der Waals surface area (Å²) in [5, 5.41) is 8.57. The zero-order valence-corrected chi connectivity index (χ0v) is 13.1. The quantitative estimate of drug-likeness (QED) is 0.697. The maximum absolute atomic E-state index is 11.8. The van der Waals surface area contributed by atoms with Gasteiger partial charge >= 0.3 is 0 Å². The molecular formula is C17H21N3O3. The van der Waals surface area contributed by atoms with Crippen molar-refractivity contribution >= 4 is 17.5 Å². The average molecular weight is 315 g/mol. The van der Waals surface area contributed by atoms with E-state index in [1.165, 1.54) is 0 Å². The van der Waals surface area contributed by atoms with Gasteiger partial charge in [-0.1, -0.05) is 6.92 Å². The summed E-state index contributed by atoms with van der Waals surface area (Å²) < 4.78 is 5.14. The van der Waals surface area contributed by atoms with Crippen LogP contribution in [0.25, 0.3) is 0 Å². The molecule has 1 aromatic heterocycles. The van der Waals surface area contributed by atoms with Gasteiger partial charge in [0.25, 0.3) is 5.91 Å². The number of amides is 2. The van der Waals surface area contributed by atoms with Gasteiger partial charge in [-0.05, 0) is 42.8 Å². The van der Waals surface area contributed by atoms with Gasteiger partial charge in [-0.15, -0.1) is 0 Å². The third-order valence-electron chi connectivity index (χ3n) is 3.18. The van der Waals surface area contributed by atoms with Crippen molar-refractivity contribution < 1.29 is 14.0 Å². The molecule has 0 unspecified atom stereocenters.